The molecule has 2 aliphatic carbocycles. The topological polar surface area (TPSA) is 0 Å². The lowest BCUT2D eigenvalue weighted by Gasteiger charge is -2.38. The number of rotatable bonds is 4. The second-order valence-electron chi connectivity index (χ2n) is 7.89. The van der Waals surface area contributed by atoms with Gasteiger partial charge in [-0.3, -0.25) is 0 Å². The van der Waals surface area contributed by atoms with E-state index in [0.717, 1.165) is 36.2 Å². The fourth-order valence-electron chi connectivity index (χ4n) is 5.00. The van der Waals surface area contributed by atoms with Gasteiger partial charge in [-0.15, -0.1) is 0 Å². The van der Waals surface area contributed by atoms with Gasteiger partial charge in [0.2, 0.25) is 0 Å². The summed E-state index contributed by atoms with van der Waals surface area (Å²) in [6, 6.07) is 4.37. The Balaban J connectivity index is 1.64. The lowest BCUT2D eigenvalue weighted by atomic mass is 9.67. The van der Waals surface area contributed by atoms with Gasteiger partial charge in [-0.2, -0.15) is 0 Å². The lowest BCUT2D eigenvalue weighted by molar-refractivity contribution is 0.146. The molecule has 0 N–H and O–H groups in total. The summed E-state index contributed by atoms with van der Waals surface area (Å²) in [4.78, 5) is 0. The molecule has 0 aliphatic heterocycles. The Labute approximate surface area is 143 Å². The Morgan fingerprint density at radius 3 is 2.38 bits per heavy atom. The predicted molar refractivity (Wildman–Crippen MR) is 91.8 cm³/mol. The van der Waals surface area contributed by atoms with E-state index in [1.54, 1.807) is 6.07 Å². The fraction of sp³-hybridized carbons (Fsp3) is 0.714. The van der Waals surface area contributed by atoms with Crippen molar-refractivity contribution in [1.29, 1.82) is 0 Å². The molecule has 1 unspecified atom stereocenters. The molecule has 0 heterocycles. The third-order valence-corrected chi connectivity index (χ3v) is 6.58. The first kappa shape index (κ1) is 17.8. The highest BCUT2D eigenvalue weighted by molar-refractivity contribution is 5.28. The molecule has 3 rings (SSSR count). The molecule has 1 aromatic rings. The summed E-state index contributed by atoms with van der Waals surface area (Å²) in [5.74, 6) is 2.07. The second kappa shape index (κ2) is 7.93. The van der Waals surface area contributed by atoms with Crippen LogP contribution in [0.5, 0.6) is 0 Å². The minimum Gasteiger partial charge on any atom is -0.206 e. The summed E-state index contributed by atoms with van der Waals surface area (Å²) >= 11 is 0. The lowest BCUT2D eigenvalue weighted by Crippen LogP contribution is -2.26. The summed E-state index contributed by atoms with van der Waals surface area (Å²) in [7, 11) is 0. The van der Waals surface area contributed by atoms with Crippen molar-refractivity contribution < 1.29 is 13.2 Å². The predicted octanol–water partition coefficient (Wildman–Crippen LogP) is 7.25. The van der Waals surface area contributed by atoms with E-state index in [2.05, 4.69) is 6.92 Å². The van der Waals surface area contributed by atoms with Gasteiger partial charge < -0.3 is 0 Å². The van der Waals surface area contributed by atoms with E-state index in [1.165, 1.54) is 57.1 Å². The van der Waals surface area contributed by atoms with E-state index in [9.17, 15) is 13.2 Å². The summed E-state index contributed by atoms with van der Waals surface area (Å²) < 4.78 is 39.4. The summed E-state index contributed by atoms with van der Waals surface area (Å²) in [5.41, 5.74) is 0.452. The van der Waals surface area contributed by atoms with E-state index in [4.69, 9.17) is 0 Å². The molecule has 2 atom stereocenters. The second-order valence-corrected chi connectivity index (χ2v) is 7.89. The average Bonchev–Trinajstić information content (AvgIpc) is 2.61. The van der Waals surface area contributed by atoms with Crippen LogP contribution < -0.4 is 0 Å². The maximum atomic E-state index is 13.9. The minimum atomic E-state index is -2.73. The molecule has 0 amide bonds. The van der Waals surface area contributed by atoms with Crippen molar-refractivity contribution in [2.45, 2.75) is 77.1 Å². The molecule has 0 bridgehead atoms. The van der Waals surface area contributed by atoms with Gasteiger partial charge in [-0.05, 0) is 61.0 Å². The Kier molecular flexibility index (Phi) is 5.89. The maximum absolute atomic E-state index is 13.9. The highest BCUT2D eigenvalue weighted by Crippen LogP contribution is 2.45. The number of benzene rings is 1. The molecule has 3 heteroatoms. The van der Waals surface area contributed by atoms with E-state index in [1.807, 2.05) is 0 Å². The van der Waals surface area contributed by atoms with Crippen molar-refractivity contribution in [3.63, 3.8) is 0 Å². The first-order valence-electron chi connectivity index (χ1n) is 9.66. The molecule has 0 saturated heterocycles. The summed E-state index contributed by atoms with van der Waals surface area (Å²) in [6.45, 7) is 2.29. The molecule has 0 aromatic heterocycles. The molecule has 2 aliphatic rings. The zero-order valence-electron chi connectivity index (χ0n) is 14.6. The SMILES string of the molecule is CCC1CCC(C2CCC[C@H](c3ccc(C(F)F)c(F)c3)C2)CC1. The number of hydrogen-bond donors (Lipinski definition) is 0. The standard InChI is InChI=1S/C21H29F3/c1-2-14-6-8-15(9-7-14)16-4-3-5-17(12-16)18-10-11-19(21(23)24)20(22)13-18/h10-11,13-17,21H,2-9,12H2,1H3/t14?,15?,16?,17-/m0/s1. The normalized spacial score (nSPS) is 31.4. The van der Waals surface area contributed by atoms with Crippen molar-refractivity contribution in [2.24, 2.45) is 17.8 Å². The molecule has 1 aromatic carbocycles. The van der Waals surface area contributed by atoms with Gasteiger partial charge in [0.05, 0.1) is 5.56 Å². The molecule has 24 heavy (non-hydrogen) atoms. The van der Waals surface area contributed by atoms with E-state index >= 15 is 0 Å². The largest absolute Gasteiger partial charge is 0.266 e. The molecular formula is C21H29F3. The van der Waals surface area contributed by atoms with Gasteiger partial charge in [-0.1, -0.05) is 51.2 Å². The van der Waals surface area contributed by atoms with Gasteiger partial charge in [0, 0.05) is 0 Å². The van der Waals surface area contributed by atoms with Crippen molar-refractivity contribution in [2.75, 3.05) is 0 Å². The van der Waals surface area contributed by atoms with Crippen molar-refractivity contribution in [3.05, 3.63) is 35.1 Å². The number of hydrogen-bond acceptors (Lipinski definition) is 0. The van der Waals surface area contributed by atoms with Crippen LogP contribution >= 0.6 is 0 Å². The van der Waals surface area contributed by atoms with Gasteiger partial charge in [0.25, 0.3) is 6.43 Å². The number of halogens is 3. The van der Waals surface area contributed by atoms with Crippen LogP contribution in [0, 0.1) is 23.6 Å². The molecule has 0 spiro atoms. The average molecular weight is 338 g/mol. The monoisotopic (exact) mass is 338 g/mol. The molecule has 0 nitrogen and oxygen atoms in total. The quantitative estimate of drug-likeness (QED) is 0.542. The van der Waals surface area contributed by atoms with Crippen LogP contribution in [0.4, 0.5) is 13.2 Å². The Bertz CT molecular complexity index is 532. The van der Waals surface area contributed by atoms with Crippen LogP contribution in [0.25, 0.3) is 0 Å². The third-order valence-electron chi connectivity index (χ3n) is 6.58. The van der Waals surface area contributed by atoms with Crippen LogP contribution in [0.1, 0.15) is 88.2 Å². The molecule has 2 saturated carbocycles. The summed E-state index contributed by atoms with van der Waals surface area (Å²) in [5, 5.41) is 0. The minimum absolute atomic E-state index is 0.342. The number of alkyl halides is 2. The molecule has 2 fully saturated rings. The van der Waals surface area contributed by atoms with Gasteiger partial charge in [0.15, 0.2) is 0 Å². The van der Waals surface area contributed by atoms with E-state index in [0.29, 0.717) is 5.92 Å². The fourth-order valence-corrected chi connectivity index (χ4v) is 5.00. The van der Waals surface area contributed by atoms with Crippen LogP contribution in [-0.4, -0.2) is 0 Å². The first-order valence-corrected chi connectivity index (χ1v) is 9.66. The van der Waals surface area contributed by atoms with E-state index < -0.39 is 17.8 Å². The maximum Gasteiger partial charge on any atom is 0.266 e. The van der Waals surface area contributed by atoms with Crippen LogP contribution in [0.3, 0.4) is 0 Å². The first-order chi connectivity index (χ1) is 11.6. The molecule has 0 radical (unpaired) electrons. The highest BCUT2D eigenvalue weighted by Gasteiger charge is 2.32. The van der Waals surface area contributed by atoms with Gasteiger partial charge in [0.1, 0.15) is 5.82 Å². The molecule has 134 valence electrons. The Morgan fingerprint density at radius 1 is 1.00 bits per heavy atom. The Morgan fingerprint density at radius 2 is 1.75 bits per heavy atom. The van der Waals surface area contributed by atoms with Gasteiger partial charge in [-0.25, -0.2) is 13.2 Å². The van der Waals surface area contributed by atoms with Crippen LogP contribution in [0.2, 0.25) is 0 Å². The summed E-state index contributed by atoms with van der Waals surface area (Å²) in [6.07, 6.45) is 8.62. The van der Waals surface area contributed by atoms with Crippen molar-refractivity contribution in [3.8, 4) is 0 Å². The van der Waals surface area contributed by atoms with Crippen molar-refractivity contribution in [1.82, 2.24) is 0 Å². The van der Waals surface area contributed by atoms with Gasteiger partial charge >= 0.3 is 0 Å². The van der Waals surface area contributed by atoms with Crippen LogP contribution in [-0.2, 0) is 0 Å². The van der Waals surface area contributed by atoms with Crippen molar-refractivity contribution >= 4 is 0 Å². The van der Waals surface area contributed by atoms with Crippen LogP contribution in [0.15, 0.2) is 18.2 Å². The smallest absolute Gasteiger partial charge is 0.206 e. The Hall–Kier alpha value is -0.990. The van der Waals surface area contributed by atoms with E-state index in [-0.39, 0.29) is 0 Å². The zero-order valence-corrected chi connectivity index (χ0v) is 14.6. The highest BCUT2D eigenvalue weighted by atomic mass is 19.3. The zero-order chi connectivity index (χ0) is 17.1. The molecular weight excluding hydrogens is 309 g/mol. The third kappa shape index (κ3) is 3.97.